The molecule has 1 aliphatic rings. The number of fused-ring (bicyclic) bond motifs is 1. The summed E-state index contributed by atoms with van der Waals surface area (Å²) in [6, 6.07) is 9.79. The Balaban J connectivity index is 1.61. The number of alkyl halides is 2. The Morgan fingerprint density at radius 2 is 1.77 bits per heavy atom. The summed E-state index contributed by atoms with van der Waals surface area (Å²) in [5, 5.41) is 21.9. The minimum absolute atomic E-state index is 0.0886. The normalized spacial score (nSPS) is 18.2. The van der Waals surface area contributed by atoms with E-state index in [-0.39, 0.29) is 16.9 Å². The first-order valence-electron chi connectivity index (χ1n) is 13.3. The zero-order valence-corrected chi connectivity index (χ0v) is 23.7. The molecule has 0 saturated carbocycles. The molecule has 1 aliphatic heterocycles. The van der Waals surface area contributed by atoms with Gasteiger partial charge in [-0.25, -0.2) is 22.0 Å². The number of amides is 1. The van der Waals surface area contributed by atoms with Crippen molar-refractivity contribution in [2.45, 2.75) is 44.3 Å². The quantitative estimate of drug-likeness (QED) is 0.255. The standard InChI is InChI=1S/C31H28F5N3O4/c1-16-9-18-10-19(11-23(42-4)27(18)39-38-16)28(40)37-14-30(13-31(35,36)15-43-30)22-12-21(29(2,3)41)25(33)24(26(22)34)17-5-7-20(32)8-6-17/h5-12,41H,13-15H2,1-4H3,(H,37,40). The summed E-state index contributed by atoms with van der Waals surface area (Å²) in [6.45, 7) is 2.49. The van der Waals surface area contributed by atoms with Crippen molar-refractivity contribution in [3.8, 4) is 16.9 Å². The molecule has 3 aromatic carbocycles. The second-order valence-electron chi connectivity index (χ2n) is 11.1. The van der Waals surface area contributed by atoms with E-state index in [1.807, 2.05) is 0 Å². The molecule has 1 unspecified atom stereocenters. The van der Waals surface area contributed by atoms with Crippen LogP contribution in [-0.4, -0.2) is 47.4 Å². The lowest BCUT2D eigenvalue weighted by molar-refractivity contribution is -0.0264. The lowest BCUT2D eigenvalue weighted by Gasteiger charge is -2.32. The number of halogens is 5. The number of benzene rings is 3. The Kier molecular flexibility index (Phi) is 7.64. The van der Waals surface area contributed by atoms with Crippen molar-refractivity contribution < 1.29 is 41.3 Å². The van der Waals surface area contributed by atoms with Crippen molar-refractivity contribution in [1.82, 2.24) is 15.5 Å². The van der Waals surface area contributed by atoms with Crippen LogP contribution in [0, 0.1) is 24.4 Å². The SMILES string of the molecule is COc1cc(C(=O)NCC2(c3cc(C(C)(C)O)c(F)c(-c4ccc(F)cc4)c3F)CC(F)(F)CO2)cc2cc(C)nnc12. The monoisotopic (exact) mass is 601 g/mol. The second kappa shape index (κ2) is 10.8. The number of ether oxygens (including phenoxy) is 2. The highest BCUT2D eigenvalue weighted by Gasteiger charge is 2.54. The lowest BCUT2D eigenvalue weighted by atomic mass is 9.82. The van der Waals surface area contributed by atoms with Gasteiger partial charge in [0.1, 0.15) is 40.9 Å². The van der Waals surface area contributed by atoms with Gasteiger partial charge in [0.15, 0.2) is 0 Å². The van der Waals surface area contributed by atoms with Crippen LogP contribution in [0.2, 0.25) is 0 Å². The van der Waals surface area contributed by atoms with Gasteiger partial charge in [-0.3, -0.25) is 4.79 Å². The molecule has 1 atom stereocenters. The van der Waals surface area contributed by atoms with Crippen LogP contribution in [-0.2, 0) is 15.9 Å². The average Bonchev–Trinajstić information content (AvgIpc) is 3.26. The first-order chi connectivity index (χ1) is 20.1. The molecule has 7 nitrogen and oxygen atoms in total. The van der Waals surface area contributed by atoms with Gasteiger partial charge in [0.2, 0.25) is 0 Å². The number of hydrogen-bond donors (Lipinski definition) is 2. The summed E-state index contributed by atoms with van der Waals surface area (Å²) in [5.41, 5.74) is -4.60. The molecule has 2 N–H and O–H groups in total. The number of carbonyl (C=O) groups is 1. The molecule has 43 heavy (non-hydrogen) atoms. The summed E-state index contributed by atoms with van der Waals surface area (Å²) in [4.78, 5) is 13.3. The number of aromatic nitrogens is 2. The minimum atomic E-state index is -3.42. The van der Waals surface area contributed by atoms with E-state index >= 15 is 8.78 Å². The highest BCUT2D eigenvalue weighted by molar-refractivity contribution is 5.99. The molecule has 2 heterocycles. The van der Waals surface area contributed by atoms with Crippen molar-refractivity contribution >= 4 is 16.8 Å². The number of methoxy groups -OCH3 is 1. The number of aryl methyl sites for hydroxylation is 1. The zero-order chi connectivity index (χ0) is 31.3. The Labute approximate surface area is 243 Å². The third-order valence-corrected chi connectivity index (χ3v) is 7.38. The topological polar surface area (TPSA) is 93.6 Å². The number of carbonyl (C=O) groups excluding carboxylic acids is 1. The van der Waals surface area contributed by atoms with E-state index < -0.39 is 76.7 Å². The summed E-state index contributed by atoms with van der Waals surface area (Å²) in [7, 11) is 1.39. The Morgan fingerprint density at radius 1 is 1.07 bits per heavy atom. The van der Waals surface area contributed by atoms with Crippen LogP contribution in [0.3, 0.4) is 0 Å². The van der Waals surface area contributed by atoms with Gasteiger partial charge in [0, 0.05) is 28.5 Å². The highest BCUT2D eigenvalue weighted by Crippen LogP contribution is 2.47. The fraction of sp³-hybridized carbons (Fsp3) is 0.323. The maximum atomic E-state index is 16.3. The van der Waals surface area contributed by atoms with Gasteiger partial charge in [-0.05, 0) is 62.7 Å². The number of aliphatic hydroxyl groups is 1. The molecule has 1 saturated heterocycles. The van der Waals surface area contributed by atoms with E-state index in [1.165, 1.54) is 33.1 Å². The Bertz CT molecular complexity index is 1720. The largest absolute Gasteiger partial charge is 0.494 e. The second-order valence-corrected chi connectivity index (χ2v) is 11.1. The van der Waals surface area contributed by atoms with E-state index in [4.69, 9.17) is 9.47 Å². The predicted octanol–water partition coefficient (Wildman–Crippen LogP) is 5.94. The molecule has 5 rings (SSSR count). The fourth-order valence-corrected chi connectivity index (χ4v) is 5.27. The number of hydrogen-bond acceptors (Lipinski definition) is 6. The molecule has 0 aliphatic carbocycles. The molecule has 226 valence electrons. The van der Waals surface area contributed by atoms with E-state index in [2.05, 4.69) is 15.5 Å². The van der Waals surface area contributed by atoms with Gasteiger partial charge in [0.25, 0.3) is 11.8 Å². The van der Waals surface area contributed by atoms with Gasteiger partial charge in [0.05, 0.1) is 30.5 Å². The third kappa shape index (κ3) is 5.76. The lowest BCUT2D eigenvalue weighted by Crippen LogP contribution is -2.42. The van der Waals surface area contributed by atoms with Crippen molar-refractivity contribution in [3.63, 3.8) is 0 Å². The predicted molar refractivity (Wildman–Crippen MR) is 147 cm³/mol. The smallest absolute Gasteiger partial charge is 0.274 e. The van der Waals surface area contributed by atoms with Crippen LogP contribution in [0.5, 0.6) is 5.75 Å². The van der Waals surface area contributed by atoms with Gasteiger partial charge >= 0.3 is 0 Å². The molecule has 0 spiro atoms. The van der Waals surface area contributed by atoms with Crippen LogP contribution < -0.4 is 10.1 Å². The molecule has 1 fully saturated rings. The first-order valence-corrected chi connectivity index (χ1v) is 13.3. The Morgan fingerprint density at radius 3 is 2.37 bits per heavy atom. The maximum Gasteiger partial charge on any atom is 0.274 e. The first kappa shape index (κ1) is 30.3. The molecule has 4 aromatic rings. The van der Waals surface area contributed by atoms with Crippen LogP contribution in [0.25, 0.3) is 22.0 Å². The summed E-state index contributed by atoms with van der Waals surface area (Å²) in [6.07, 6.45) is -1.05. The minimum Gasteiger partial charge on any atom is -0.494 e. The van der Waals surface area contributed by atoms with Gasteiger partial charge in [-0.15, -0.1) is 5.10 Å². The van der Waals surface area contributed by atoms with Crippen molar-refractivity contribution in [1.29, 1.82) is 0 Å². The molecule has 1 aromatic heterocycles. The molecule has 0 bridgehead atoms. The average molecular weight is 602 g/mol. The summed E-state index contributed by atoms with van der Waals surface area (Å²) < 4.78 is 86.1. The Hall–Kier alpha value is -4.16. The number of nitrogens with one attached hydrogen (secondary N) is 1. The molecular formula is C31H28F5N3O4. The maximum absolute atomic E-state index is 16.3. The zero-order valence-electron chi connectivity index (χ0n) is 23.7. The fourth-order valence-electron chi connectivity index (χ4n) is 5.27. The third-order valence-electron chi connectivity index (χ3n) is 7.38. The van der Waals surface area contributed by atoms with Gasteiger partial charge in [-0.1, -0.05) is 12.1 Å². The molecule has 0 radical (unpaired) electrons. The van der Waals surface area contributed by atoms with Crippen LogP contribution >= 0.6 is 0 Å². The van der Waals surface area contributed by atoms with Gasteiger partial charge in [-0.2, -0.15) is 5.10 Å². The number of nitrogens with zero attached hydrogens (tertiary/aromatic N) is 2. The van der Waals surface area contributed by atoms with Crippen LogP contribution in [0.4, 0.5) is 22.0 Å². The van der Waals surface area contributed by atoms with E-state index in [9.17, 15) is 23.1 Å². The highest BCUT2D eigenvalue weighted by atomic mass is 19.3. The summed E-state index contributed by atoms with van der Waals surface area (Å²) >= 11 is 0. The van der Waals surface area contributed by atoms with Crippen LogP contribution in [0.15, 0.2) is 48.5 Å². The molecule has 12 heteroatoms. The summed E-state index contributed by atoms with van der Waals surface area (Å²) in [5.74, 6) is -6.93. The van der Waals surface area contributed by atoms with Gasteiger partial charge < -0.3 is 19.9 Å². The van der Waals surface area contributed by atoms with E-state index in [0.717, 1.165) is 30.3 Å². The molecule has 1 amide bonds. The van der Waals surface area contributed by atoms with E-state index in [0.29, 0.717) is 16.6 Å². The van der Waals surface area contributed by atoms with Crippen molar-refractivity contribution in [3.05, 3.63) is 88.4 Å². The van der Waals surface area contributed by atoms with Crippen molar-refractivity contribution in [2.24, 2.45) is 0 Å². The van der Waals surface area contributed by atoms with Crippen molar-refractivity contribution in [2.75, 3.05) is 20.3 Å². The van der Waals surface area contributed by atoms with Crippen LogP contribution in [0.1, 0.15) is 47.4 Å². The van der Waals surface area contributed by atoms with E-state index in [1.54, 1.807) is 13.0 Å². The molecular weight excluding hydrogens is 573 g/mol. The number of rotatable bonds is 7.